The van der Waals surface area contributed by atoms with Gasteiger partial charge < -0.3 is 18.9 Å². The molecule has 43 heavy (non-hydrogen) atoms. The van der Waals surface area contributed by atoms with E-state index in [0.717, 1.165) is 49.2 Å². The molecule has 0 aliphatic heterocycles. The molecule has 0 saturated carbocycles. The van der Waals surface area contributed by atoms with Crippen LogP contribution < -0.4 is 14.2 Å². The Hall–Kier alpha value is -4.06. The Labute approximate surface area is 257 Å². The zero-order valence-electron chi connectivity index (χ0n) is 25.7. The van der Waals surface area contributed by atoms with Crippen molar-refractivity contribution in [3.05, 3.63) is 91.0 Å². The first-order valence-electron chi connectivity index (χ1n) is 15.6. The maximum atomic E-state index is 12.7. The van der Waals surface area contributed by atoms with Gasteiger partial charge >= 0.3 is 11.9 Å². The summed E-state index contributed by atoms with van der Waals surface area (Å²) < 4.78 is 22.3. The van der Waals surface area contributed by atoms with E-state index in [4.69, 9.17) is 18.9 Å². The van der Waals surface area contributed by atoms with E-state index in [0.29, 0.717) is 23.7 Å². The van der Waals surface area contributed by atoms with Crippen LogP contribution in [0.15, 0.2) is 85.5 Å². The third kappa shape index (κ3) is 12.4. The minimum Gasteiger partial charge on any atom is -0.494 e. The highest BCUT2D eigenvalue weighted by Crippen LogP contribution is 2.24. The van der Waals surface area contributed by atoms with Gasteiger partial charge in [-0.1, -0.05) is 75.8 Å². The first kappa shape index (κ1) is 33.4. The molecule has 3 rings (SSSR count). The van der Waals surface area contributed by atoms with E-state index in [1.165, 1.54) is 38.5 Å². The molecule has 0 bridgehead atoms. The van der Waals surface area contributed by atoms with Crippen LogP contribution in [-0.2, 0) is 9.53 Å². The number of allylic oxidation sites excluding steroid dienone is 1. The molecule has 1 atom stereocenters. The van der Waals surface area contributed by atoms with Crippen LogP contribution in [0.4, 0.5) is 0 Å². The lowest BCUT2D eigenvalue weighted by molar-refractivity contribution is -0.151. The second-order valence-corrected chi connectivity index (χ2v) is 10.6. The van der Waals surface area contributed by atoms with Crippen molar-refractivity contribution in [1.82, 2.24) is 0 Å². The minimum absolute atomic E-state index is 0.384. The predicted molar refractivity (Wildman–Crippen MR) is 172 cm³/mol. The highest BCUT2D eigenvalue weighted by Gasteiger charge is 2.16. The van der Waals surface area contributed by atoms with Crippen LogP contribution in [0.2, 0.25) is 0 Å². The van der Waals surface area contributed by atoms with Gasteiger partial charge in [-0.05, 0) is 92.3 Å². The number of hydrogen-bond acceptors (Lipinski definition) is 6. The summed E-state index contributed by atoms with van der Waals surface area (Å²) in [5, 5.41) is 0. The fourth-order valence-corrected chi connectivity index (χ4v) is 4.45. The summed E-state index contributed by atoms with van der Waals surface area (Å²) in [5.41, 5.74) is 2.49. The quantitative estimate of drug-likeness (QED) is 0.0568. The fraction of sp³-hybridized carbons (Fsp3) is 0.405. The van der Waals surface area contributed by atoms with E-state index in [1.54, 1.807) is 43.3 Å². The van der Waals surface area contributed by atoms with Crippen LogP contribution in [0.25, 0.3) is 11.1 Å². The average Bonchev–Trinajstić information content (AvgIpc) is 3.03. The average molecular weight is 587 g/mol. The summed E-state index contributed by atoms with van der Waals surface area (Å²) in [5.74, 6) is 0.880. The number of ether oxygens (including phenoxy) is 4. The van der Waals surface area contributed by atoms with Crippen molar-refractivity contribution >= 4 is 11.9 Å². The topological polar surface area (TPSA) is 71.1 Å². The maximum absolute atomic E-state index is 12.7. The number of carbonyl (C=O) groups excluding carboxylic acids is 2. The van der Waals surface area contributed by atoms with Crippen LogP contribution in [0, 0.1) is 0 Å². The lowest BCUT2D eigenvalue weighted by Crippen LogP contribution is -2.26. The van der Waals surface area contributed by atoms with E-state index >= 15 is 0 Å². The van der Waals surface area contributed by atoms with Gasteiger partial charge in [0, 0.05) is 0 Å². The van der Waals surface area contributed by atoms with Gasteiger partial charge in [-0.3, -0.25) is 0 Å². The summed E-state index contributed by atoms with van der Waals surface area (Å²) >= 11 is 0. The molecule has 0 spiro atoms. The Kier molecular flexibility index (Phi) is 14.9. The van der Waals surface area contributed by atoms with Gasteiger partial charge in [-0.15, -0.1) is 6.58 Å². The molecule has 3 aromatic carbocycles. The van der Waals surface area contributed by atoms with Crippen LogP contribution in [0.5, 0.6) is 17.2 Å². The van der Waals surface area contributed by atoms with Crippen molar-refractivity contribution in [3.8, 4) is 28.4 Å². The smallest absolute Gasteiger partial charge is 0.347 e. The lowest BCUT2D eigenvalue weighted by Gasteiger charge is -2.14. The zero-order valence-corrected chi connectivity index (χ0v) is 25.7. The molecule has 0 saturated heterocycles. The summed E-state index contributed by atoms with van der Waals surface area (Å²) in [6, 6.07) is 21.9. The highest BCUT2D eigenvalue weighted by molar-refractivity contribution is 5.91. The van der Waals surface area contributed by atoms with E-state index in [-0.39, 0.29) is 0 Å². The van der Waals surface area contributed by atoms with Gasteiger partial charge in [0.25, 0.3) is 0 Å². The number of rotatable bonds is 20. The molecular weight excluding hydrogens is 540 g/mol. The Morgan fingerprint density at radius 3 is 1.88 bits per heavy atom. The standard InChI is InChI=1S/C37H46O6/c1-4-6-8-9-10-11-12-13-14-28-40-33-21-19-31(20-22-33)30-15-17-32(18-16-30)37(39)43-35-25-23-34(24-26-35)42-29(3)36(38)41-27-7-5-2/h4,15-26,29H,1,5-14,27-28H2,2-3H3/t29-/m1/s1. The van der Waals surface area contributed by atoms with E-state index in [2.05, 4.69) is 6.58 Å². The molecule has 0 unspecified atom stereocenters. The summed E-state index contributed by atoms with van der Waals surface area (Å²) in [6.45, 7) is 8.57. The zero-order chi connectivity index (χ0) is 30.7. The Bertz CT molecular complexity index is 1230. The monoisotopic (exact) mass is 586 g/mol. The van der Waals surface area contributed by atoms with Gasteiger partial charge in [0.15, 0.2) is 6.10 Å². The van der Waals surface area contributed by atoms with Crippen molar-refractivity contribution in [3.63, 3.8) is 0 Å². The molecular formula is C37H46O6. The normalized spacial score (nSPS) is 11.4. The van der Waals surface area contributed by atoms with Crippen LogP contribution >= 0.6 is 0 Å². The van der Waals surface area contributed by atoms with Crippen molar-refractivity contribution in [2.24, 2.45) is 0 Å². The van der Waals surface area contributed by atoms with Crippen LogP contribution in [-0.4, -0.2) is 31.3 Å². The summed E-state index contributed by atoms with van der Waals surface area (Å²) in [6.07, 6.45) is 12.9. The largest absolute Gasteiger partial charge is 0.494 e. The van der Waals surface area contributed by atoms with Crippen molar-refractivity contribution in [2.75, 3.05) is 13.2 Å². The Morgan fingerprint density at radius 1 is 0.698 bits per heavy atom. The van der Waals surface area contributed by atoms with Gasteiger partial charge in [0.1, 0.15) is 17.2 Å². The van der Waals surface area contributed by atoms with Crippen molar-refractivity contribution in [2.45, 2.75) is 84.2 Å². The maximum Gasteiger partial charge on any atom is 0.347 e. The third-order valence-corrected chi connectivity index (χ3v) is 7.05. The van der Waals surface area contributed by atoms with Gasteiger partial charge in [-0.25, -0.2) is 9.59 Å². The third-order valence-electron chi connectivity index (χ3n) is 7.05. The molecule has 0 radical (unpaired) electrons. The molecule has 0 aliphatic carbocycles. The van der Waals surface area contributed by atoms with Gasteiger partial charge in [0.05, 0.1) is 18.8 Å². The molecule has 0 fully saturated rings. The molecule has 230 valence electrons. The number of esters is 2. The first-order valence-corrected chi connectivity index (χ1v) is 15.6. The van der Waals surface area contributed by atoms with E-state index in [1.807, 2.05) is 49.4 Å². The highest BCUT2D eigenvalue weighted by atomic mass is 16.6. The SMILES string of the molecule is C=CCCCCCCCCCOc1ccc(-c2ccc(C(=O)Oc3ccc(O[C@H](C)C(=O)OCCCC)cc3)cc2)cc1. The number of hydrogen-bond donors (Lipinski definition) is 0. The first-order chi connectivity index (χ1) is 21.0. The minimum atomic E-state index is -0.727. The predicted octanol–water partition coefficient (Wildman–Crippen LogP) is 9.37. The Balaban J connectivity index is 1.39. The van der Waals surface area contributed by atoms with Crippen LogP contribution in [0.3, 0.4) is 0 Å². The second kappa shape index (κ2) is 19.2. The molecule has 3 aromatic rings. The van der Waals surface area contributed by atoms with Crippen molar-refractivity contribution < 1.29 is 28.5 Å². The summed E-state index contributed by atoms with van der Waals surface area (Å²) in [4.78, 5) is 24.7. The van der Waals surface area contributed by atoms with Gasteiger partial charge in [-0.2, -0.15) is 0 Å². The lowest BCUT2D eigenvalue weighted by atomic mass is 10.0. The fourth-order valence-electron chi connectivity index (χ4n) is 4.45. The number of benzene rings is 3. The molecule has 6 heteroatoms. The molecule has 0 aliphatic rings. The molecule has 0 amide bonds. The van der Waals surface area contributed by atoms with E-state index in [9.17, 15) is 9.59 Å². The molecule has 0 aromatic heterocycles. The van der Waals surface area contributed by atoms with Gasteiger partial charge in [0.2, 0.25) is 0 Å². The van der Waals surface area contributed by atoms with E-state index < -0.39 is 18.0 Å². The second-order valence-electron chi connectivity index (χ2n) is 10.6. The van der Waals surface area contributed by atoms with Crippen LogP contribution in [0.1, 0.15) is 88.4 Å². The molecule has 0 N–H and O–H groups in total. The molecule has 0 heterocycles. The molecule has 6 nitrogen and oxygen atoms in total. The summed E-state index contributed by atoms with van der Waals surface area (Å²) in [7, 11) is 0. The number of unbranched alkanes of at least 4 members (excludes halogenated alkanes) is 8. The number of carbonyl (C=O) groups is 2. The van der Waals surface area contributed by atoms with Crippen molar-refractivity contribution in [1.29, 1.82) is 0 Å². The Morgan fingerprint density at radius 2 is 1.26 bits per heavy atom.